The predicted octanol–water partition coefficient (Wildman–Crippen LogP) is 2.08. The van der Waals surface area contributed by atoms with Gasteiger partial charge in [-0.05, 0) is 34.8 Å². The molecule has 0 N–H and O–H groups in total. The summed E-state index contributed by atoms with van der Waals surface area (Å²) >= 11 is 3.39. The second-order valence-corrected chi connectivity index (χ2v) is 4.21. The number of ether oxygens (including phenoxy) is 1. The molecule has 1 aromatic heterocycles. The number of rotatable bonds is 1. The Bertz CT molecular complexity index is 292. The molecule has 0 aromatic carbocycles. The molecule has 3 nitrogen and oxygen atoms in total. The topological polar surface area (TPSA) is 27.1 Å². The third kappa shape index (κ3) is 1.94. The molecule has 4 heteroatoms. The minimum absolute atomic E-state index is 0.623. The van der Waals surface area contributed by atoms with Crippen molar-refractivity contribution < 1.29 is 4.74 Å². The standard InChI is InChI=1S/C9H13BrN2O/c1-12-8(6-9(10)11-12)7-2-4-13-5-3-7/h6-7H,2-5H2,1H3. The van der Waals surface area contributed by atoms with Gasteiger partial charge >= 0.3 is 0 Å². The van der Waals surface area contributed by atoms with Crippen molar-refractivity contribution in [3.05, 3.63) is 16.4 Å². The van der Waals surface area contributed by atoms with Crippen LogP contribution < -0.4 is 0 Å². The summed E-state index contributed by atoms with van der Waals surface area (Å²) in [5.41, 5.74) is 1.31. The molecule has 0 atom stereocenters. The highest BCUT2D eigenvalue weighted by Gasteiger charge is 2.19. The maximum absolute atomic E-state index is 5.33. The van der Waals surface area contributed by atoms with Crippen LogP contribution in [0.25, 0.3) is 0 Å². The Morgan fingerprint density at radius 3 is 2.77 bits per heavy atom. The number of aromatic nitrogens is 2. The van der Waals surface area contributed by atoms with E-state index < -0.39 is 0 Å². The van der Waals surface area contributed by atoms with Crippen molar-refractivity contribution in [2.24, 2.45) is 7.05 Å². The maximum Gasteiger partial charge on any atom is 0.128 e. The van der Waals surface area contributed by atoms with Crippen molar-refractivity contribution in [3.8, 4) is 0 Å². The molecule has 0 bridgehead atoms. The zero-order valence-corrected chi connectivity index (χ0v) is 9.25. The number of aryl methyl sites for hydroxylation is 1. The molecule has 72 valence electrons. The maximum atomic E-state index is 5.33. The van der Waals surface area contributed by atoms with E-state index in [1.165, 1.54) is 5.69 Å². The van der Waals surface area contributed by atoms with E-state index in [2.05, 4.69) is 27.1 Å². The van der Waals surface area contributed by atoms with Gasteiger partial charge in [0.2, 0.25) is 0 Å². The highest BCUT2D eigenvalue weighted by Crippen LogP contribution is 2.27. The highest BCUT2D eigenvalue weighted by molar-refractivity contribution is 9.10. The molecule has 1 fully saturated rings. The molecular weight excluding hydrogens is 232 g/mol. The lowest BCUT2D eigenvalue weighted by Gasteiger charge is -2.21. The lowest BCUT2D eigenvalue weighted by Crippen LogP contribution is -2.16. The minimum Gasteiger partial charge on any atom is -0.381 e. The van der Waals surface area contributed by atoms with Gasteiger partial charge in [0.05, 0.1) is 0 Å². The molecule has 1 aliphatic rings. The SMILES string of the molecule is Cn1nc(Br)cc1C1CCOCC1. The van der Waals surface area contributed by atoms with E-state index in [1.54, 1.807) is 0 Å². The Morgan fingerprint density at radius 1 is 1.54 bits per heavy atom. The van der Waals surface area contributed by atoms with Crippen molar-refractivity contribution in [2.75, 3.05) is 13.2 Å². The first-order valence-electron chi connectivity index (χ1n) is 4.54. The van der Waals surface area contributed by atoms with Crippen LogP contribution in [0.3, 0.4) is 0 Å². The van der Waals surface area contributed by atoms with Crippen LogP contribution >= 0.6 is 15.9 Å². The largest absolute Gasteiger partial charge is 0.381 e. The van der Waals surface area contributed by atoms with Crippen molar-refractivity contribution >= 4 is 15.9 Å². The summed E-state index contributed by atoms with van der Waals surface area (Å²) in [5.74, 6) is 0.623. The van der Waals surface area contributed by atoms with Crippen LogP contribution in [0.2, 0.25) is 0 Å². The summed E-state index contributed by atoms with van der Waals surface area (Å²) in [7, 11) is 2.00. The van der Waals surface area contributed by atoms with Gasteiger partial charge in [-0.25, -0.2) is 0 Å². The molecule has 1 aliphatic heterocycles. The third-order valence-electron chi connectivity index (χ3n) is 2.53. The lowest BCUT2D eigenvalue weighted by atomic mass is 9.97. The monoisotopic (exact) mass is 244 g/mol. The van der Waals surface area contributed by atoms with Gasteiger partial charge in [0.1, 0.15) is 4.60 Å². The summed E-state index contributed by atoms with van der Waals surface area (Å²) in [4.78, 5) is 0. The molecule has 1 saturated heterocycles. The normalized spacial score (nSPS) is 19.2. The summed E-state index contributed by atoms with van der Waals surface area (Å²) in [6.07, 6.45) is 2.23. The van der Waals surface area contributed by atoms with Gasteiger partial charge in [0, 0.05) is 31.9 Å². The van der Waals surface area contributed by atoms with Gasteiger partial charge in [0.25, 0.3) is 0 Å². The van der Waals surface area contributed by atoms with Gasteiger partial charge in [-0.1, -0.05) is 0 Å². The van der Waals surface area contributed by atoms with E-state index in [9.17, 15) is 0 Å². The summed E-state index contributed by atoms with van der Waals surface area (Å²) in [6, 6.07) is 2.11. The molecule has 0 amide bonds. The molecule has 2 rings (SSSR count). The van der Waals surface area contributed by atoms with Gasteiger partial charge in [-0.3, -0.25) is 4.68 Å². The van der Waals surface area contributed by atoms with Crippen LogP contribution in [0.1, 0.15) is 24.5 Å². The van der Waals surface area contributed by atoms with E-state index in [4.69, 9.17) is 4.74 Å². The van der Waals surface area contributed by atoms with Crippen LogP contribution in [-0.2, 0) is 11.8 Å². The fourth-order valence-corrected chi connectivity index (χ4v) is 2.29. The average molecular weight is 245 g/mol. The van der Waals surface area contributed by atoms with Crippen LogP contribution in [0.15, 0.2) is 10.7 Å². The van der Waals surface area contributed by atoms with Gasteiger partial charge in [-0.15, -0.1) is 0 Å². The number of halogens is 1. The Kier molecular flexibility index (Phi) is 2.69. The van der Waals surface area contributed by atoms with Crippen molar-refractivity contribution in [3.63, 3.8) is 0 Å². The fraction of sp³-hybridized carbons (Fsp3) is 0.667. The molecule has 0 aliphatic carbocycles. The average Bonchev–Trinajstić information content (AvgIpc) is 2.47. The van der Waals surface area contributed by atoms with Crippen molar-refractivity contribution in [1.82, 2.24) is 9.78 Å². The summed E-state index contributed by atoms with van der Waals surface area (Å²) < 4.78 is 8.21. The highest BCUT2D eigenvalue weighted by atomic mass is 79.9. The van der Waals surface area contributed by atoms with Crippen LogP contribution in [0, 0.1) is 0 Å². The smallest absolute Gasteiger partial charge is 0.128 e. The zero-order valence-electron chi connectivity index (χ0n) is 7.66. The Hall–Kier alpha value is -0.350. The van der Waals surface area contributed by atoms with E-state index in [1.807, 2.05) is 11.7 Å². The van der Waals surface area contributed by atoms with E-state index in [-0.39, 0.29) is 0 Å². The summed E-state index contributed by atoms with van der Waals surface area (Å²) in [6.45, 7) is 1.76. The second kappa shape index (κ2) is 3.80. The van der Waals surface area contributed by atoms with Gasteiger partial charge in [0.15, 0.2) is 0 Å². The zero-order chi connectivity index (χ0) is 9.26. The molecule has 2 heterocycles. The Balaban J connectivity index is 2.18. The van der Waals surface area contributed by atoms with Crippen LogP contribution in [0.5, 0.6) is 0 Å². The molecule has 0 radical (unpaired) electrons. The first-order chi connectivity index (χ1) is 6.27. The van der Waals surface area contributed by atoms with Crippen molar-refractivity contribution in [2.45, 2.75) is 18.8 Å². The number of hydrogen-bond acceptors (Lipinski definition) is 2. The van der Waals surface area contributed by atoms with Gasteiger partial charge < -0.3 is 4.74 Å². The van der Waals surface area contributed by atoms with E-state index >= 15 is 0 Å². The Morgan fingerprint density at radius 2 is 2.23 bits per heavy atom. The molecule has 0 unspecified atom stereocenters. The fourth-order valence-electron chi connectivity index (χ4n) is 1.82. The lowest BCUT2D eigenvalue weighted by molar-refractivity contribution is 0.0837. The van der Waals surface area contributed by atoms with Crippen LogP contribution in [-0.4, -0.2) is 23.0 Å². The quantitative estimate of drug-likeness (QED) is 0.757. The van der Waals surface area contributed by atoms with E-state index in [0.717, 1.165) is 30.7 Å². The second-order valence-electron chi connectivity index (χ2n) is 3.40. The molecule has 1 aromatic rings. The molecular formula is C9H13BrN2O. The molecule has 0 spiro atoms. The number of nitrogens with zero attached hydrogens (tertiary/aromatic N) is 2. The molecule has 13 heavy (non-hydrogen) atoms. The van der Waals surface area contributed by atoms with Crippen LogP contribution in [0.4, 0.5) is 0 Å². The third-order valence-corrected chi connectivity index (χ3v) is 2.91. The van der Waals surface area contributed by atoms with E-state index in [0.29, 0.717) is 5.92 Å². The summed E-state index contributed by atoms with van der Waals surface area (Å²) in [5, 5.41) is 4.28. The Labute approximate surface area is 86.2 Å². The van der Waals surface area contributed by atoms with Crippen molar-refractivity contribution in [1.29, 1.82) is 0 Å². The van der Waals surface area contributed by atoms with Gasteiger partial charge in [-0.2, -0.15) is 5.10 Å². The first-order valence-corrected chi connectivity index (χ1v) is 5.34. The minimum atomic E-state index is 0.623. The first kappa shape index (κ1) is 9.21. The molecule has 0 saturated carbocycles. The number of hydrogen-bond donors (Lipinski definition) is 0. The predicted molar refractivity (Wildman–Crippen MR) is 53.7 cm³/mol.